The quantitative estimate of drug-likeness (QED) is 0.797. The third-order valence-electron chi connectivity index (χ3n) is 1.89. The summed E-state index contributed by atoms with van der Waals surface area (Å²) >= 11 is 1.47. The summed E-state index contributed by atoms with van der Waals surface area (Å²) in [6.07, 6.45) is 0.488. The fraction of sp³-hybridized carbons (Fsp3) is 0.333. The maximum Gasteiger partial charge on any atom is 0.234 e. The summed E-state index contributed by atoms with van der Waals surface area (Å²) in [4.78, 5) is 11.5. The van der Waals surface area contributed by atoms with Crippen LogP contribution in [0.25, 0.3) is 0 Å². The van der Waals surface area contributed by atoms with Crippen molar-refractivity contribution in [2.45, 2.75) is 13.3 Å². The van der Waals surface area contributed by atoms with Crippen LogP contribution in [0.5, 0.6) is 0 Å². The lowest BCUT2D eigenvalue weighted by molar-refractivity contribution is -0.113. The smallest absolute Gasteiger partial charge is 0.234 e. The third kappa shape index (κ3) is 4.85. The lowest BCUT2D eigenvalue weighted by Gasteiger charge is -2.05. The molecule has 1 rings (SSSR count). The van der Waals surface area contributed by atoms with Crippen molar-refractivity contribution in [1.29, 1.82) is 5.26 Å². The predicted molar refractivity (Wildman–Crippen MR) is 67.4 cm³/mol. The summed E-state index contributed by atoms with van der Waals surface area (Å²) in [6, 6.07) is 9.73. The zero-order valence-electron chi connectivity index (χ0n) is 9.19. The number of hydrogen-bond donors (Lipinski definition) is 1. The molecule has 0 aromatic heterocycles. The van der Waals surface area contributed by atoms with Crippen molar-refractivity contribution in [1.82, 2.24) is 0 Å². The largest absolute Gasteiger partial charge is 0.325 e. The summed E-state index contributed by atoms with van der Waals surface area (Å²) in [5.41, 5.74) is 1.95. The minimum Gasteiger partial charge on any atom is -0.325 e. The number of amides is 1. The Hall–Kier alpha value is -1.47. The van der Waals surface area contributed by atoms with Gasteiger partial charge in [0.1, 0.15) is 0 Å². The van der Waals surface area contributed by atoms with Gasteiger partial charge in [-0.05, 0) is 24.6 Å². The highest BCUT2D eigenvalue weighted by molar-refractivity contribution is 7.99. The van der Waals surface area contributed by atoms with Crippen molar-refractivity contribution in [2.75, 3.05) is 16.8 Å². The molecule has 0 spiro atoms. The molecular formula is C12H14N2OS. The van der Waals surface area contributed by atoms with Crippen molar-refractivity contribution in [2.24, 2.45) is 0 Å². The SMILES string of the molecule is Cc1cccc(NC(=O)CSCCC#N)c1. The molecule has 4 heteroatoms. The molecule has 84 valence electrons. The summed E-state index contributed by atoms with van der Waals surface area (Å²) in [6.45, 7) is 1.98. The Bertz CT molecular complexity index is 398. The summed E-state index contributed by atoms with van der Waals surface area (Å²) in [7, 11) is 0. The number of nitrogens with zero attached hydrogens (tertiary/aromatic N) is 1. The number of carbonyl (C=O) groups excluding carboxylic acids is 1. The van der Waals surface area contributed by atoms with Crippen LogP contribution in [-0.4, -0.2) is 17.4 Å². The molecule has 0 aliphatic heterocycles. The number of nitrogens with one attached hydrogen (secondary N) is 1. The van der Waals surface area contributed by atoms with Gasteiger partial charge < -0.3 is 5.32 Å². The maximum absolute atomic E-state index is 11.5. The first-order valence-electron chi connectivity index (χ1n) is 5.03. The first kappa shape index (κ1) is 12.6. The first-order chi connectivity index (χ1) is 7.72. The van der Waals surface area contributed by atoms with E-state index in [-0.39, 0.29) is 5.91 Å². The molecule has 0 aliphatic rings. The van der Waals surface area contributed by atoms with E-state index in [4.69, 9.17) is 5.26 Å². The van der Waals surface area contributed by atoms with E-state index >= 15 is 0 Å². The Morgan fingerprint density at radius 1 is 1.56 bits per heavy atom. The highest BCUT2D eigenvalue weighted by Gasteiger charge is 2.02. The third-order valence-corrected chi connectivity index (χ3v) is 2.85. The molecule has 16 heavy (non-hydrogen) atoms. The average molecular weight is 234 g/mol. The second-order valence-corrected chi connectivity index (χ2v) is 4.48. The van der Waals surface area contributed by atoms with Gasteiger partial charge in [0, 0.05) is 17.9 Å². The Morgan fingerprint density at radius 3 is 3.06 bits per heavy atom. The average Bonchev–Trinajstić information content (AvgIpc) is 2.24. The highest BCUT2D eigenvalue weighted by atomic mass is 32.2. The molecule has 0 saturated heterocycles. The van der Waals surface area contributed by atoms with Crippen LogP contribution < -0.4 is 5.32 Å². The van der Waals surface area contributed by atoms with E-state index in [1.165, 1.54) is 11.8 Å². The Balaban J connectivity index is 2.32. The molecule has 1 amide bonds. The fourth-order valence-corrected chi connectivity index (χ4v) is 1.84. The van der Waals surface area contributed by atoms with Gasteiger partial charge in [0.05, 0.1) is 11.8 Å². The zero-order chi connectivity index (χ0) is 11.8. The van der Waals surface area contributed by atoms with Crippen LogP contribution in [0.1, 0.15) is 12.0 Å². The van der Waals surface area contributed by atoms with Gasteiger partial charge in [-0.3, -0.25) is 4.79 Å². The van der Waals surface area contributed by atoms with E-state index in [1.807, 2.05) is 37.3 Å². The molecule has 0 aliphatic carbocycles. The van der Waals surface area contributed by atoms with Crippen LogP contribution in [0.15, 0.2) is 24.3 Å². The van der Waals surface area contributed by atoms with Gasteiger partial charge >= 0.3 is 0 Å². The van der Waals surface area contributed by atoms with E-state index in [9.17, 15) is 4.79 Å². The molecule has 0 atom stereocenters. The fourth-order valence-electron chi connectivity index (χ4n) is 1.20. The number of benzene rings is 1. The van der Waals surface area contributed by atoms with Crippen LogP contribution in [0, 0.1) is 18.3 Å². The molecule has 3 nitrogen and oxygen atoms in total. The van der Waals surface area contributed by atoms with Crippen molar-refractivity contribution in [3.8, 4) is 6.07 Å². The minimum absolute atomic E-state index is 0.0199. The molecule has 0 bridgehead atoms. The van der Waals surface area contributed by atoms with Gasteiger partial charge in [-0.1, -0.05) is 12.1 Å². The molecule has 1 aromatic rings. The van der Waals surface area contributed by atoms with E-state index in [1.54, 1.807) is 0 Å². The van der Waals surface area contributed by atoms with Gasteiger partial charge in [-0.15, -0.1) is 0 Å². The summed E-state index contributed by atoms with van der Waals surface area (Å²) in [5, 5.41) is 11.2. The van der Waals surface area contributed by atoms with Crippen LogP contribution in [0.4, 0.5) is 5.69 Å². The standard InChI is InChI=1S/C12H14N2OS/c1-10-4-2-5-11(8-10)14-12(15)9-16-7-3-6-13/h2,4-5,8H,3,7,9H2,1H3,(H,14,15). The lowest BCUT2D eigenvalue weighted by Crippen LogP contribution is -2.14. The second-order valence-electron chi connectivity index (χ2n) is 3.38. The molecule has 0 heterocycles. The monoisotopic (exact) mass is 234 g/mol. The van der Waals surface area contributed by atoms with Crippen molar-refractivity contribution < 1.29 is 4.79 Å². The molecule has 0 saturated carbocycles. The van der Waals surface area contributed by atoms with E-state index < -0.39 is 0 Å². The number of aryl methyl sites for hydroxylation is 1. The van der Waals surface area contributed by atoms with Gasteiger partial charge in [0.25, 0.3) is 0 Å². The topological polar surface area (TPSA) is 52.9 Å². The lowest BCUT2D eigenvalue weighted by atomic mass is 10.2. The van der Waals surface area contributed by atoms with Crippen LogP contribution >= 0.6 is 11.8 Å². The van der Waals surface area contributed by atoms with Gasteiger partial charge in [-0.25, -0.2) is 0 Å². The second kappa shape index (κ2) is 6.91. The molecule has 0 fully saturated rings. The number of rotatable bonds is 5. The maximum atomic E-state index is 11.5. The Kier molecular flexibility index (Phi) is 5.44. The highest BCUT2D eigenvalue weighted by Crippen LogP contribution is 2.10. The molecule has 1 aromatic carbocycles. The minimum atomic E-state index is -0.0199. The van der Waals surface area contributed by atoms with Crippen molar-refractivity contribution in [3.63, 3.8) is 0 Å². The molecule has 1 N–H and O–H groups in total. The number of hydrogen-bond acceptors (Lipinski definition) is 3. The first-order valence-corrected chi connectivity index (χ1v) is 6.19. The Morgan fingerprint density at radius 2 is 2.38 bits per heavy atom. The number of anilines is 1. The molecule has 0 radical (unpaired) electrons. The molecule has 0 unspecified atom stereocenters. The van der Waals surface area contributed by atoms with Gasteiger partial charge in [0.15, 0.2) is 0 Å². The van der Waals surface area contributed by atoms with Gasteiger partial charge in [0.2, 0.25) is 5.91 Å². The molecular weight excluding hydrogens is 220 g/mol. The van der Waals surface area contributed by atoms with E-state index in [2.05, 4.69) is 5.32 Å². The van der Waals surface area contributed by atoms with Crippen LogP contribution in [-0.2, 0) is 4.79 Å². The number of carbonyl (C=O) groups is 1. The predicted octanol–water partition coefficient (Wildman–Crippen LogP) is 2.58. The van der Waals surface area contributed by atoms with E-state index in [0.29, 0.717) is 17.9 Å². The van der Waals surface area contributed by atoms with Crippen LogP contribution in [0.3, 0.4) is 0 Å². The van der Waals surface area contributed by atoms with Crippen LogP contribution in [0.2, 0.25) is 0 Å². The van der Waals surface area contributed by atoms with Gasteiger partial charge in [-0.2, -0.15) is 17.0 Å². The van der Waals surface area contributed by atoms with E-state index in [0.717, 1.165) is 11.3 Å². The van der Waals surface area contributed by atoms with Crippen molar-refractivity contribution in [3.05, 3.63) is 29.8 Å². The number of nitriles is 1. The normalized spacial score (nSPS) is 9.50. The Labute approximate surface area is 99.8 Å². The number of thioether (sulfide) groups is 1. The summed E-state index contributed by atoms with van der Waals surface area (Å²) < 4.78 is 0. The summed E-state index contributed by atoms with van der Waals surface area (Å²) in [5.74, 6) is 1.08. The van der Waals surface area contributed by atoms with Crippen molar-refractivity contribution >= 4 is 23.4 Å². The zero-order valence-corrected chi connectivity index (χ0v) is 10.0.